The normalized spacial score (nSPS) is 39.1. The molecule has 116 valence electrons. The van der Waals surface area contributed by atoms with Crippen LogP contribution in [0.15, 0.2) is 17.5 Å². The van der Waals surface area contributed by atoms with Crippen molar-refractivity contribution in [1.82, 2.24) is 10.2 Å². The molecule has 3 saturated carbocycles. The molecule has 3 fully saturated rings. The zero-order valence-corrected chi connectivity index (χ0v) is 14.1. The minimum atomic E-state index is 0.531. The van der Waals surface area contributed by atoms with Crippen molar-refractivity contribution in [3.8, 4) is 0 Å². The average Bonchev–Trinajstić information content (AvgIpc) is 3.21. The third-order valence-electron chi connectivity index (χ3n) is 6.50. The van der Waals surface area contributed by atoms with Gasteiger partial charge in [0.1, 0.15) is 0 Å². The molecular formula is C18H28N2S. The van der Waals surface area contributed by atoms with E-state index in [-0.39, 0.29) is 0 Å². The van der Waals surface area contributed by atoms with Crippen molar-refractivity contribution in [2.75, 3.05) is 20.6 Å². The van der Waals surface area contributed by atoms with Gasteiger partial charge in [0, 0.05) is 17.5 Å². The lowest BCUT2D eigenvalue weighted by Crippen LogP contribution is -2.42. The minimum Gasteiger partial charge on any atom is -0.312 e. The Hall–Kier alpha value is -0.380. The molecule has 1 heterocycles. The van der Waals surface area contributed by atoms with E-state index in [0.717, 1.165) is 36.3 Å². The number of rotatable bonds is 5. The zero-order valence-electron chi connectivity index (χ0n) is 13.3. The Morgan fingerprint density at radius 3 is 2.86 bits per heavy atom. The lowest BCUT2D eigenvalue weighted by molar-refractivity contribution is 0.194. The van der Waals surface area contributed by atoms with E-state index in [0.29, 0.717) is 6.04 Å². The number of fused-ring (bicyclic) bond motifs is 5. The molecule has 3 aliphatic rings. The molecule has 0 amide bonds. The molecule has 0 radical (unpaired) electrons. The first-order valence-corrected chi connectivity index (χ1v) is 9.55. The molecule has 21 heavy (non-hydrogen) atoms. The minimum absolute atomic E-state index is 0.531. The zero-order chi connectivity index (χ0) is 14.4. The maximum Gasteiger partial charge on any atom is 0.0561 e. The van der Waals surface area contributed by atoms with E-state index < -0.39 is 0 Å². The highest BCUT2D eigenvalue weighted by Gasteiger charge is 2.53. The van der Waals surface area contributed by atoms with E-state index in [1.807, 2.05) is 11.3 Å². The topological polar surface area (TPSA) is 15.3 Å². The molecule has 3 aliphatic carbocycles. The van der Waals surface area contributed by atoms with E-state index in [4.69, 9.17) is 0 Å². The predicted octanol–water partition coefficient (Wildman–Crippen LogP) is 3.77. The quantitative estimate of drug-likeness (QED) is 0.891. The fraction of sp³-hybridized carbons (Fsp3) is 0.778. The Labute approximate surface area is 132 Å². The third kappa shape index (κ3) is 2.47. The number of thiophene rings is 1. The number of hydrogen-bond donors (Lipinski definition) is 1. The largest absolute Gasteiger partial charge is 0.312 e. The standard InChI is InChI=1S/C18H28N2S/c1-20(2)17(18-7-4-8-21-18)11-19-16-10-12-9-15(16)14-6-3-5-13(12)14/h4,7-8,12-17,19H,3,5-6,9-11H2,1-2H3. The van der Waals surface area contributed by atoms with Crippen LogP contribution in [-0.4, -0.2) is 31.6 Å². The summed E-state index contributed by atoms with van der Waals surface area (Å²) in [7, 11) is 4.42. The Balaban J connectivity index is 1.39. The number of nitrogens with zero attached hydrogens (tertiary/aromatic N) is 1. The second-order valence-electron chi connectivity index (χ2n) is 7.66. The summed E-state index contributed by atoms with van der Waals surface area (Å²) in [6.07, 6.45) is 7.54. The number of hydrogen-bond acceptors (Lipinski definition) is 3. The lowest BCUT2D eigenvalue weighted by Gasteiger charge is -2.34. The van der Waals surface area contributed by atoms with Crippen molar-refractivity contribution in [3.63, 3.8) is 0 Å². The maximum atomic E-state index is 3.96. The summed E-state index contributed by atoms with van der Waals surface area (Å²) >= 11 is 1.89. The average molecular weight is 305 g/mol. The van der Waals surface area contributed by atoms with Crippen molar-refractivity contribution >= 4 is 11.3 Å². The predicted molar refractivity (Wildman–Crippen MR) is 89.6 cm³/mol. The summed E-state index contributed by atoms with van der Waals surface area (Å²) in [4.78, 5) is 3.86. The molecule has 2 bridgehead atoms. The molecule has 0 saturated heterocycles. The van der Waals surface area contributed by atoms with Crippen LogP contribution in [0.1, 0.15) is 43.0 Å². The molecule has 2 nitrogen and oxygen atoms in total. The van der Waals surface area contributed by atoms with E-state index in [1.165, 1.54) is 37.0 Å². The van der Waals surface area contributed by atoms with E-state index >= 15 is 0 Å². The fourth-order valence-corrected chi connectivity index (χ4v) is 6.51. The molecular weight excluding hydrogens is 276 g/mol. The van der Waals surface area contributed by atoms with Crippen LogP contribution in [0.3, 0.4) is 0 Å². The summed E-state index contributed by atoms with van der Waals surface area (Å²) < 4.78 is 0. The molecule has 3 heteroatoms. The Kier molecular flexibility index (Phi) is 3.85. The van der Waals surface area contributed by atoms with Crippen LogP contribution in [0.5, 0.6) is 0 Å². The second-order valence-corrected chi connectivity index (χ2v) is 8.64. The van der Waals surface area contributed by atoms with Crippen LogP contribution in [0, 0.1) is 23.7 Å². The van der Waals surface area contributed by atoms with Gasteiger partial charge in [0.05, 0.1) is 6.04 Å². The van der Waals surface area contributed by atoms with Crippen molar-refractivity contribution in [2.45, 2.75) is 44.2 Å². The van der Waals surface area contributed by atoms with Gasteiger partial charge in [-0.15, -0.1) is 11.3 Å². The first kappa shape index (κ1) is 14.2. The Morgan fingerprint density at radius 1 is 1.24 bits per heavy atom. The van der Waals surface area contributed by atoms with Gasteiger partial charge in [0.25, 0.3) is 0 Å². The van der Waals surface area contributed by atoms with Crippen molar-refractivity contribution in [3.05, 3.63) is 22.4 Å². The molecule has 0 aliphatic heterocycles. The van der Waals surface area contributed by atoms with Gasteiger partial charge in [0.15, 0.2) is 0 Å². The van der Waals surface area contributed by atoms with Crippen LogP contribution in [0.4, 0.5) is 0 Å². The highest BCUT2D eigenvalue weighted by Crippen LogP contribution is 2.58. The van der Waals surface area contributed by atoms with Crippen LogP contribution in [0.25, 0.3) is 0 Å². The smallest absolute Gasteiger partial charge is 0.0561 e. The van der Waals surface area contributed by atoms with Gasteiger partial charge in [-0.1, -0.05) is 12.5 Å². The van der Waals surface area contributed by atoms with Gasteiger partial charge in [-0.05, 0) is 74.9 Å². The highest BCUT2D eigenvalue weighted by atomic mass is 32.1. The van der Waals surface area contributed by atoms with Crippen molar-refractivity contribution in [2.24, 2.45) is 23.7 Å². The van der Waals surface area contributed by atoms with Gasteiger partial charge < -0.3 is 10.2 Å². The molecule has 0 aromatic carbocycles. The monoisotopic (exact) mass is 304 g/mol. The molecule has 6 atom stereocenters. The summed E-state index contributed by atoms with van der Waals surface area (Å²) in [5.74, 6) is 4.23. The molecule has 1 N–H and O–H groups in total. The van der Waals surface area contributed by atoms with Gasteiger partial charge in [-0.3, -0.25) is 0 Å². The first-order chi connectivity index (χ1) is 10.2. The van der Waals surface area contributed by atoms with Crippen LogP contribution in [0.2, 0.25) is 0 Å². The summed E-state index contributed by atoms with van der Waals surface area (Å²) in [5, 5.41) is 6.16. The van der Waals surface area contributed by atoms with E-state index in [1.54, 1.807) is 0 Å². The van der Waals surface area contributed by atoms with Crippen LogP contribution in [-0.2, 0) is 0 Å². The van der Waals surface area contributed by atoms with Crippen LogP contribution < -0.4 is 5.32 Å². The van der Waals surface area contributed by atoms with E-state index in [9.17, 15) is 0 Å². The van der Waals surface area contributed by atoms with Gasteiger partial charge in [-0.2, -0.15) is 0 Å². The van der Waals surface area contributed by atoms with Gasteiger partial charge in [0.2, 0.25) is 0 Å². The SMILES string of the molecule is CN(C)C(CNC1CC2CC1C1CCCC21)c1cccs1. The third-order valence-corrected chi connectivity index (χ3v) is 7.47. The first-order valence-electron chi connectivity index (χ1n) is 8.67. The van der Waals surface area contributed by atoms with Crippen molar-refractivity contribution < 1.29 is 0 Å². The fourth-order valence-electron chi connectivity index (χ4n) is 5.58. The molecule has 6 unspecified atom stereocenters. The van der Waals surface area contributed by atoms with Gasteiger partial charge >= 0.3 is 0 Å². The summed E-state index contributed by atoms with van der Waals surface area (Å²) in [6, 6.07) is 5.79. The highest BCUT2D eigenvalue weighted by molar-refractivity contribution is 7.10. The van der Waals surface area contributed by atoms with Gasteiger partial charge in [-0.25, -0.2) is 0 Å². The second kappa shape index (κ2) is 5.68. The summed E-state index contributed by atoms with van der Waals surface area (Å²) in [6.45, 7) is 1.11. The Morgan fingerprint density at radius 2 is 2.10 bits per heavy atom. The van der Waals surface area contributed by atoms with E-state index in [2.05, 4.69) is 41.8 Å². The molecule has 4 rings (SSSR count). The van der Waals surface area contributed by atoms with Crippen LogP contribution >= 0.6 is 11.3 Å². The number of likely N-dealkylation sites (N-methyl/N-ethyl adjacent to an activating group) is 1. The van der Waals surface area contributed by atoms with Crippen molar-refractivity contribution in [1.29, 1.82) is 0 Å². The number of nitrogens with one attached hydrogen (secondary N) is 1. The lowest BCUT2D eigenvalue weighted by atomic mass is 9.79. The molecule has 0 spiro atoms. The summed E-state index contributed by atoms with van der Waals surface area (Å²) in [5.41, 5.74) is 0. The maximum absolute atomic E-state index is 3.96. The molecule has 1 aromatic rings. The Bertz CT molecular complexity index is 470. The molecule has 1 aromatic heterocycles.